The van der Waals surface area contributed by atoms with Crippen LogP contribution in [0.3, 0.4) is 0 Å². The molecular formula is C19H21N5O2. The number of rotatable bonds is 3. The predicted molar refractivity (Wildman–Crippen MR) is 97.2 cm³/mol. The maximum Gasteiger partial charge on any atom is 0.224 e. The zero-order chi connectivity index (χ0) is 17.4. The molecule has 2 aromatic heterocycles. The van der Waals surface area contributed by atoms with Gasteiger partial charge in [-0.05, 0) is 18.9 Å². The summed E-state index contributed by atoms with van der Waals surface area (Å²) in [4.78, 5) is 9.05. The van der Waals surface area contributed by atoms with Crippen molar-refractivity contribution < 1.29 is 9.47 Å². The van der Waals surface area contributed by atoms with Gasteiger partial charge in [0.05, 0.1) is 24.9 Å². The van der Waals surface area contributed by atoms with Gasteiger partial charge in [0, 0.05) is 36.5 Å². The Balaban J connectivity index is 1.33. The highest BCUT2D eigenvalue weighted by molar-refractivity contribution is 5.79. The minimum Gasteiger partial charge on any atom is -0.351 e. The number of anilines is 1. The Bertz CT molecular complexity index is 909. The molecule has 1 N–H and O–H groups in total. The highest BCUT2D eigenvalue weighted by Gasteiger charge is 2.40. The molecule has 1 aliphatic carbocycles. The van der Waals surface area contributed by atoms with Crippen molar-refractivity contribution in [3.8, 4) is 5.82 Å². The fourth-order valence-electron chi connectivity index (χ4n) is 3.86. The summed E-state index contributed by atoms with van der Waals surface area (Å²) in [6.45, 7) is 1.42. The van der Waals surface area contributed by atoms with Gasteiger partial charge in [0.1, 0.15) is 0 Å². The largest absolute Gasteiger partial charge is 0.351 e. The quantitative estimate of drug-likeness (QED) is 0.782. The summed E-state index contributed by atoms with van der Waals surface area (Å²) in [5, 5.41) is 9.02. The van der Waals surface area contributed by atoms with Gasteiger partial charge in [-0.2, -0.15) is 10.1 Å². The molecule has 5 rings (SSSR count). The van der Waals surface area contributed by atoms with Crippen LogP contribution in [0.1, 0.15) is 25.7 Å². The van der Waals surface area contributed by atoms with E-state index >= 15 is 0 Å². The number of nitrogens with one attached hydrogen (secondary N) is 1. The average Bonchev–Trinajstić information content (AvgIpc) is 3.32. The number of para-hydroxylation sites is 1. The molecule has 7 nitrogen and oxygen atoms in total. The van der Waals surface area contributed by atoms with Crippen molar-refractivity contribution in [3.05, 3.63) is 42.7 Å². The van der Waals surface area contributed by atoms with Crippen LogP contribution >= 0.6 is 0 Å². The van der Waals surface area contributed by atoms with E-state index in [1.165, 1.54) is 0 Å². The number of aromatic nitrogens is 4. The Morgan fingerprint density at radius 3 is 2.73 bits per heavy atom. The van der Waals surface area contributed by atoms with Crippen molar-refractivity contribution in [1.82, 2.24) is 19.7 Å². The monoisotopic (exact) mass is 351 g/mol. The second-order valence-corrected chi connectivity index (χ2v) is 6.88. The summed E-state index contributed by atoms with van der Waals surface area (Å²) in [6.07, 6.45) is 7.42. The number of hydrogen-bond acceptors (Lipinski definition) is 6. The van der Waals surface area contributed by atoms with E-state index in [0.29, 0.717) is 25.2 Å². The number of hydrogen-bond donors (Lipinski definition) is 1. The molecule has 3 heterocycles. The minimum atomic E-state index is -0.338. The molecule has 1 spiro atoms. The van der Waals surface area contributed by atoms with Gasteiger partial charge >= 0.3 is 0 Å². The smallest absolute Gasteiger partial charge is 0.224 e. The molecule has 0 bridgehead atoms. The Kier molecular flexibility index (Phi) is 3.83. The van der Waals surface area contributed by atoms with Gasteiger partial charge < -0.3 is 14.8 Å². The van der Waals surface area contributed by atoms with Crippen LogP contribution in [-0.2, 0) is 9.47 Å². The lowest BCUT2D eigenvalue weighted by Gasteiger charge is -2.35. The minimum absolute atomic E-state index is 0.332. The summed E-state index contributed by atoms with van der Waals surface area (Å²) < 4.78 is 13.4. The molecule has 0 atom stereocenters. The van der Waals surface area contributed by atoms with Crippen LogP contribution in [0.5, 0.6) is 0 Å². The molecule has 1 saturated heterocycles. The predicted octanol–water partition coefficient (Wildman–Crippen LogP) is 2.91. The van der Waals surface area contributed by atoms with Gasteiger partial charge in [0.2, 0.25) is 5.95 Å². The third kappa shape index (κ3) is 2.83. The lowest BCUT2D eigenvalue weighted by Crippen LogP contribution is -2.39. The van der Waals surface area contributed by atoms with Crippen LogP contribution in [0.2, 0.25) is 0 Å². The summed E-state index contributed by atoms with van der Waals surface area (Å²) in [5.74, 6) is 1.06. The van der Waals surface area contributed by atoms with E-state index in [4.69, 9.17) is 9.47 Å². The van der Waals surface area contributed by atoms with Crippen molar-refractivity contribution in [2.75, 3.05) is 18.5 Å². The fraction of sp³-hybridized carbons (Fsp3) is 0.421. The molecule has 7 heteroatoms. The molecule has 0 amide bonds. The maximum absolute atomic E-state index is 5.80. The number of fused-ring (bicyclic) bond motifs is 1. The number of benzene rings is 1. The Morgan fingerprint density at radius 2 is 1.88 bits per heavy atom. The van der Waals surface area contributed by atoms with Gasteiger partial charge in [0.25, 0.3) is 0 Å². The van der Waals surface area contributed by atoms with Gasteiger partial charge in [0.15, 0.2) is 11.6 Å². The lowest BCUT2D eigenvalue weighted by atomic mass is 9.90. The van der Waals surface area contributed by atoms with E-state index < -0.39 is 0 Å². The summed E-state index contributed by atoms with van der Waals surface area (Å²) in [7, 11) is 0. The second-order valence-electron chi connectivity index (χ2n) is 6.88. The molecule has 2 fully saturated rings. The molecule has 26 heavy (non-hydrogen) atoms. The van der Waals surface area contributed by atoms with Crippen molar-refractivity contribution in [1.29, 1.82) is 0 Å². The van der Waals surface area contributed by atoms with E-state index in [1.807, 2.05) is 41.2 Å². The van der Waals surface area contributed by atoms with Crippen LogP contribution in [0, 0.1) is 0 Å². The second kappa shape index (κ2) is 6.34. The molecule has 0 radical (unpaired) electrons. The zero-order valence-corrected chi connectivity index (χ0v) is 14.5. The maximum atomic E-state index is 5.80. The van der Waals surface area contributed by atoms with Gasteiger partial charge in [-0.25, -0.2) is 9.67 Å². The van der Waals surface area contributed by atoms with E-state index in [9.17, 15) is 0 Å². The molecule has 1 saturated carbocycles. The third-order valence-corrected chi connectivity index (χ3v) is 5.23. The first-order chi connectivity index (χ1) is 12.8. The SMILES string of the molecule is c1ccc2c(c1)cnn2-c1ccnc(NC2CCC3(CC2)OCCO3)n1. The van der Waals surface area contributed by atoms with E-state index in [2.05, 4.69) is 20.4 Å². The van der Waals surface area contributed by atoms with E-state index in [0.717, 1.165) is 42.4 Å². The van der Waals surface area contributed by atoms with Crippen molar-refractivity contribution in [2.24, 2.45) is 0 Å². The molecule has 1 aliphatic heterocycles. The zero-order valence-electron chi connectivity index (χ0n) is 14.5. The first-order valence-electron chi connectivity index (χ1n) is 9.12. The average molecular weight is 351 g/mol. The van der Waals surface area contributed by atoms with Gasteiger partial charge in [-0.1, -0.05) is 18.2 Å². The standard InChI is InChI=1S/C19H21N5O2/c1-2-4-16-14(3-1)13-21-24(16)17-7-10-20-18(23-17)22-15-5-8-19(9-6-15)25-11-12-26-19/h1-4,7,10,13,15H,5-6,8-9,11-12H2,(H,20,22,23). The number of nitrogens with zero attached hydrogens (tertiary/aromatic N) is 4. The first-order valence-corrected chi connectivity index (χ1v) is 9.12. The van der Waals surface area contributed by atoms with Crippen molar-refractivity contribution in [3.63, 3.8) is 0 Å². The summed E-state index contributed by atoms with van der Waals surface area (Å²) >= 11 is 0. The summed E-state index contributed by atoms with van der Waals surface area (Å²) in [5.41, 5.74) is 1.03. The Hall–Kier alpha value is -2.51. The van der Waals surface area contributed by atoms with Crippen molar-refractivity contribution >= 4 is 16.9 Å². The Labute approximate surface area is 151 Å². The van der Waals surface area contributed by atoms with E-state index in [-0.39, 0.29) is 5.79 Å². The normalized spacial score (nSPS) is 20.0. The fourth-order valence-corrected chi connectivity index (χ4v) is 3.86. The van der Waals surface area contributed by atoms with Crippen LogP contribution < -0.4 is 5.32 Å². The topological polar surface area (TPSA) is 74.1 Å². The molecule has 3 aromatic rings. The van der Waals surface area contributed by atoms with Crippen LogP contribution in [0.25, 0.3) is 16.7 Å². The van der Waals surface area contributed by atoms with Crippen LogP contribution in [-0.4, -0.2) is 44.8 Å². The molecular weight excluding hydrogens is 330 g/mol. The molecule has 0 unspecified atom stereocenters. The third-order valence-electron chi connectivity index (χ3n) is 5.23. The lowest BCUT2D eigenvalue weighted by molar-refractivity contribution is -0.177. The first kappa shape index (κ1) is 15.7. The highest BCUT2D eigenvalue weighted by atomic mass is 16.7. The van der Waals surface area contributed by atoms with E-state index in [1.54, 1.807) is 6.20 Å². The Morgan fingerprint density at radius 1 is 1.08 bits per heavy atom. The molecule has 134 valence electrons. The van der Waals surface area contributed by atoms with Gasteiger partial charge in [-0.15, -0.1) is 0 Å². The van der Waals surface area contributed by atoms with Crippen LogP contribution in [0.4, 0.5) is 5.95 Å². The summed E-state index contributed by atoms with van der Waals surface area (Å²) in [6, 6.07) is 10.3. The molecule has 1 aromatic carbocycles. The molecule has 2 aliphatic rings. The van der Waals surface area contributed by atoms with Crippen LogP contribution in [0.15, 0.2) is 42.7 Å². The van der Waals surface area contributed by atoms with Gasteiger partial charge in [-0.3, -0.25) is 0 Å². The number of ether oxygens (including phenoxy) is 2. The van der Waals surface area contributed by atoms with Crippen molar-refractivity contribution in [2.45, 2.75) is 37.5 Å². The highest BCUT2D eigenvalue weighted by Crippen LogP contribution is 2.36.